The van der Waals surface area contributed by atoms with Crippen LogP contribution in [0.3, 0.4) is 0 Å². The Morgan fingerprint density at radius 1 is 1.58 bits per heavy atom. The van der Waals surface area contributed by atoms with E-state index < -0.39 is 5.97 Å². The van der Waals surface area contributed by atoms with Gasteiger partial charge in [0.05, 0.1) is 11.9 Å². The lowest BCUT2D eigenvalue weighted by molar-refractivity contribution is -0.133. The van der Waals surface area contributed by atoms with Gasteiger partial charge >= 0.3 is 5.97 Å². The summed E-state index contributed by atoms with van der Waals surface area (Å²) in [6.45, 7) is 3.64. The first-order chi connectivity index (χ1) is 9.20. The molecule has 6 nitrogen and oxygen atoms in total. The number of hydrogen-bond acceptors (Lipinski definition) is 5. The summed E-state index contributed by atoms with van der Waals surface area (Å²) < 4.78 is 7.58. The van der Waals surface area contributed by atoms with Crippen LogP contribution in [0.25, 0.3) is 0 Å². The first kappa shape index (κ1) is 14.3. The van der Waals surface area contributed by atoms with Gasteiger partial charge in [-0.05, 0) is 26.2 Å². The summed E-state index contributed by atoms with van der Waals surface area (Å²) in [5.74, 6) is 0.103. The molecule has 1 saturated heterocycles. The molecule has 1 N–H and O–H groups in total. The van der Waals surface area contributed by atoms with Crippen molar-refractivity contribution in [1.29, 1.82) is 0 Å². The lowest BCUT2D eigenvalue weighted by Gasteiger charge is -2.10. The van der Waals surface area contributed by atoms with Crippen LogP contribution in [-0.4, -0.2) is 44.3 Å². The number of aryl methyl sites for hydroxylation is 1. The average Bonchev–Trinajstić information content (AvgIpc) is 3.02. The molecule has 0 aliphatic carbocycles. The van der Waals surface area contributed by atoms with Gasteiger partial charge in [-0.15, -0.1) is 10.2 Å². The number of thioether (sulfide) groups is 1. The summed E-state index contributed by atoms with van der Waals surface area (Å²) in [5, 5.41) is 17.6. The maximum Gasteiger partial charge on any atom is 0.313 e. The van der Waals surface area contributed by atoms with Crippen LogP contribution in [0.5, 0.6) is 0 Å². The van der Waals surface area contributed by atoms with Crippen LogP contribution in [-0.2, 0) is 22.5 Å². The van der Waals surface area contributed by atoms with E-state index >= 15 is 0 Å². The van der Waals surface area contributed by atoms with Crippen LogP contribution in [0.4, 0.5) is 0 Å². The largest absolute Gasteiger partial charge is 0.481 e. The number of carboxylic acids is 1. The van der Waals surface area contributed by atoms with Crippen molar-refractivity contribution in [2.24, 2.45) is 0 Å². The molecule has 1 aromatic heterocycles. The number of hydrogen-bond donors (Lipinski definition) is 1. The fraction of sp³-hybridized carbons (Fsp3) is 0.750. The summed E-state index contributed by atoms with van der Waals surface area (Å²) in [6, 6.07) is 0. The quantitative estimate of drug-likeness (QED) is 0.767. The molecule has 0 aromatic carbocycles. The number of rotatable bonds is 7. The molecule has 2 heterocycles. The van der Waals surface area contributed by atoms with Crippen molar-refractivity contribution in [3.05, 3.63) is 5.82 Å². The van der Waals surface area contributed by atoms with E-state index in [1.807, 2.05) is 11.5 Å². The third kappa shape index (κ3) is 3.94. The number of ether oxygens (including phenoxy) is 1. The van der Waals surface area contributed by atoms with Crippen LogP contribution in [0.15, 0.2) is 5.16 Å². The first-order valence-corrected chi connectivity index (χ1v) is 7.57. The number of nitrogens with zero attached hydrogens (tertiary/aromatic N) is 3. The SMILES string of the molecule is CCn1c(CCC2CCCO2)nnc1SCC(=O)O. The highest BCUT2D eigenvalue weighted by Gasteiger charge is 2.18. The van der Waals surface area contributed by atoms with E-state index in [2.05, 4.69) is 10.2 Å². The van der Waals surface area contributed by atoms with Crippen molar-refractivity contribution in [2.75, 3.05) is 12.4 Å². The van der Waals surface area contributed by atoms with Crippen LogP contribution in [0, 0.1) is 0 Å². The lowest BCUT2D eigenvalue weighted by Crippen LogP contribution is -2.10. The van der Waals surface area contributed by atoms with Crippen LogP contribution < -0.4 is 0 Å². The van der Waals surface area contributed by atoms with Crippen molar-refractivity contribution >= 4 is 17.7 Å². The Kier molecular flexibility index (Phi) is 5.21. The van der Waals surface area contributed by atoms with Gasteiger partial charge in [0.25, 0.3) is 0 Å². The maximum absolute atomic E-state index is 10.6. The first-order valence-electron chi connectivity index (χ1n) is 6.59. The topological polar surface area (TPSA) is 77.2 Å². The Hall–Kier alpha value is -1.08. The number of aromatic nitrogens is 3. The Bertz CT molecular complexity index is 430. The third-order valence-corrected chi connectivity index (χ3v) is 4.10. The van der Waals surface area contributed by atoms with Crippen molar-refractivity contribution in [2.45, 2.75) is 50.4 Å². The Morgan fingerprint density at radius 2 is 2.42 bits per heavy atom. The zero-order chi connectivity index (χ0) is 13.7. The molecule has 0 saturated carbocycles. The Labute approximate surface area is 116 Å². The van der Waals surface area contributed by atoms with Gasteiger partial charge in [0, 0.05) is 19.6 Å². The molecule has 7 heteroatoms. The molecular weight excluding hydrogens is 266 g/mol. The zero-order valence-corrected chi connectivity index (χ0v) is 11.9. The Morgan fingerprint density at radius 3 is 3.05 bits per heavy atom. The number of carboxylic acid groups (broad SMARTS) is 1. The average molecular weight is 285 g/mol. The van der Waals surface area contributed by atoms with Crippen molar-refractivity contribution in [3.8, 4) is 0 Å². The van der Waals surface area contributed by atoms with E-state index in [-0.39, 0.29) is 5.75 Å². The molecule has 1 atom stereocenters. The van der Waals surface area contributed by atoms with Gasteiger partial charge in [-0.3, -0.25) is 4.79 Å². The number of aliphatic carboxylic acids is 1. The molecule has 19 heavy (non-hydrogen) atoms. The molecule has 2 rings (SSSR count). The molecule has 0 bridgehead atoms. The van der Waals surface area contributed by atoms with Crippen LogP contribution in [0.2, 0.25) is 0 Å². The van der Waals surface area contributed by atoms with E-state index in [1.54, 1.807) is 0 Å². The van der Waals surface area contributed by atoms with E-state index in [1.165, 1.54) is 11.8 Å². The van der Waals surface area contributed by atoms with Crippen molar-refractivity contribution in [3.63, 3.8) is 0 Å². The van der Waals surface area contributed by atoms with E-state index in [0.29, 0.717) is 11.3 Å². The predicted octanol–water partition coefficient (Wildman–Crippen LogP) is 1.59. The fourth-order valence-corrected chi connectivity index (χ4v) is 2.96. The van der Waals surface area contributed by atoms with Gasteiger partial charge < -0.3 is 14.4 Å². The second kappa shape index (κ2) is 6.91. The molecule has 1 aliphatic heterocycles. The van der Waals surface area contributed by atoms with E-state index in [4.69, 9.17) is 9.84 Å². The van der Waals surface area contributed by atoms with Gasteiger partial charge in [-0.2, -0.15) is 0 Å². The van der Waals surface area contributed by atoms with Crippen LogP contribution >= 0.6 is 11.8 Å². The summed E-state index contributed by atoms with van der Waals surface area (Å²) >= 11 is 1.22. The molecule has 106 valence electrons. The number of carbonyl (C=O) groups is 1. The minimum absolute atomic E-state index is 0.0177. The highest BCUT2D eigenvalue weighted by atomic mass is 32.2. The molecule has 1 unspecified atom stereocenters. The maximum atomic E-state index is 10.6. The van der Waals surface area contributed by atoms with Gasteiger partial charge in [0.1, 0.15) is 5.82 Å². The zero-order valence-electron chi connectivity index (χ0n) is 11.0. The fourth-order valence-electron chi connectivity index (χ4n) is 2.22. The summed E-state index contributed by atoms with van der Waals surface area (Å²) in [4.78, 5) is 10.6. The molecule has 1 fully saturated rings. The van der Waals surface area contributed by atoms with Gasteiger partial charge in [-0.1, -0.05) is 11.8 Å². The molecule has 1 aromatic rings. The lowest BCUT2D eigenvalue weighted by atomic mass is 10.1. The second-order valence-electron chi connectivity index (χ2n) is 4.50. The second-order valence-corrected chi connectivity index (χ2v) is 5.44. The van der Waals surface area contributed by atoms with E-state index in [0.717, 1.165) is 44.7 Å². The van der Waals surface area contributed by atoms with Gasteiger partial charge in [0.2, 0.25) is 0 Å². The Balaban J connectivity index is 1.93. The highest BCUT2D eigenvalue weighted by Crippen LogP contribution is 2.20. The van der Waals surface area contributed by atoms with Crippen LogP contribution in [0.1, 0.15) is 32.0 Å². The van der Waals surface area contributed by atoms with Crippen molar-refractivity contribution in [1.82, 2.24) is 14.8 Å². The molecule has 0 amide bonds. The third-order valence-electron chi connectivity index (χ3n) is 3.15. The summed E-state index contributed by atoms with van der Waals surface area (Å²) in [5.41, 5.74) is 0. The van der Waals surface area contributed by atoms with Crippen molar-refractivity contribution < 1.29 is 14.6 Å². The molecular formula is C12H19N3O3S. The van der Waals surface area contributed by atoms with Gasteiger partial charge in [-0.25, -0.2) is 0 Å². The summed E-state index contributed by atoms with van der Waals surface area (Å²) in [6.07, 6.45) is 4.41. The molecule has 0 radical (unpaired) electrons. The molecule has 1 aliphatic rings. The standard InChI is InChI=1S/C12H19N3O3S/c1-2-15-10(6-5-9-4-3-7-18-9)13-14-12(15)19-8-11(16)17/h9H,2-8H2,1H3,(H,16,17). The smallest absolute Gasteiger partial charge is 0.313 e. The minimum atomic E-state index is -0.837. The molecule has 0 spiro atoms. The normalized spacial score (nSPS) is 18.9. The highest BCUT2D eigenvalue weighted by molar-refractivity contribution is 7.99. The van der Waals surface area contributed by atoms with Gasteiger partial charge in [0.15, 0.2) is 5.16 Å². The van der Waals surface area contributed by atoms with E-state index in [9.17, 15) is 4.79 Å². The summed E-state index contributed by atoms with van der Waals surface area (Å²) in [7, 11) is 0. The predicted molar refractivity (Wildman–Crippen MR) is 71.4 cm³/mol. The monoisotopic (exact) mass is 285 g/mol. The minimum Gasteiger partial charge on any atom is -0.481 e.